The fourth-order valence-corrected chi connectivity index (χ4v) is 3.99. The van der Waals surface area contributed by atoms with E-state index in [2.05, 4.69) is 24.5 Å². The van der Waals surface area contributed by atoms with Gasteiger partial charge in [0.25, 0.3) is 0 Å². The Morgan fingerprint density at radius 2 is 1.44 bits per heavy atom. The van der Waals surface area contributed by atoms with Crippen LogP contribution in [0, 0.1) is 11.3 Å². The summed E-state index contributed by atoms with van der Waals surface area (Å²) in [5, 5.41) is 24.8. The molecule has 196 valence electrons. The lowest BCUT2D eigenvalue weighted by atomic mass is 9.91. The van der Waals surface area contributed by atoms with Gasteiger partial charge in [-0.2, -0.15) is 0 Å². The Morgan fingerprint density at radius 3 is 1.97 bits per heavy atom. The molecule has 36 heavy (non-hydrogen) atoms. The first kappa shape index (κ1) is 28.9. The minimum Gasteiger partial charge on any atom is -0.508 e. The van der Waals surface area contributed by atoms with Gasteiger partial charge in [0.2, 0.25) is 11.8 Å². The molecule has 0 aliphatic rings. The third-order valence-corrected chi connectivity index (χ3v) is 5.77. The fraction of sp³-hybridized carbons (Fsp3) is 0.483. The summed E-state index contributed by atoms with van der Waals surface area (Å²) in [6, 6.07) is 13.3. The highest BCUT2D eigenvalue weighted by Gasteiger charge is 2.23. The van der Waals surface area contributed by atoms with Crippen molar-refractivity contribution in [3.63, 3.8) is 0 Å². The van der Waals surface area contributed by atoms with Crippen LogP contribution in [-0.2, 0) is 27.2 Å². The molecule has 2 atom stereocenters. The number of nitrogens with one attached hydrogen (secondary N) is 2. The minimum atomic E-state index is -1.07. The zero-order valence-corrected chi connectivity index (χ0v) is 22.0. The molecule has 7 nitrogen and oxygen atoms in total. The average Bonchev–Trinajstić information content (AvgIpc) is 2.76. The van der Waals surface area contributed by atoms with Crippen LogP contribution < -0.4 is 10.6 Å². The second kappa shape index (κ2) is 13.1. The third kappa shape index (κ3) is 10.5. The molecule has 0 saturated heterocycles. The van der Waals surface area contributed by atoms with E-state index in [0.29, 0.717) is 18.8 Å². The number of carboxylic acid groups (broad SMARTS) is 1. The molecule has 0 heterocycles. The minimum absolute atomic E-state index is 0.0506. The normalized spacial score (nSPS) is 13.2. The van der Waals surface area contributed by atoms with E-state index >= 15 is 0 Å². The monoisotopic (exact) mass is 496 g/mol. The van der Waals surface area contributed by atoms with Crippen molar-refractivity contribution in [3.05, 3.63) is 65.2 Å². The largest absolute Gasteiger partial charge is 0.508 e. The van der Waals surface area contributed by atoms with Gasteiger partial charge in [-0.05, 0) is 53.0 Å². The van der Waals surface area contributed by atoms with Crippen LogP contribution in [0.2, 0.25) is 0 Å². The fourth-order valence-electron chi connectivity index (χ4n) is 3.99. The average molecular weight is 497 g/mol. The molecule has 0 aliphatic heterocycles. The van der Waals surface area contributed by atoms with Crippen LogP contribution in [0.1, 0.15) is 76.6 Å². The standard InChI is InChI=1S/C29H40N2O5/c1-19(2)16-24(22-11-13-23(32)14-12-22)30-26(33)15-10-20-6-8-21(9-7-20)17-25(28(35)36)31-27(34)18-29(3,4)5/h6-9,11-14,19,24-25,32H,10,15-18H2,1-5H3,(H,30,33)(H,31,34)(H,35,36)/t24?,25-/m0/s1. The molecule has 4 N–H and O–H groups in total. The molecule has 0 fully saturated rings. The Bertz CT molecular complexity index is 1010. The SMILES string of the molecule is CC(C)CC(NC(=O)CCc1ccc(C[C@H](NC(=O)CC(C)(C)C)C(=O)O)cc1)c1ccc(O)cc1. The lowest BCUT2D eigenvalue weighted by Gasteiger charge is -2.21. The molecule has 2 amide bonds. The van der Waals surface area contributed by atoms with Crippen molar-refractivity contribution in [3.8, 4) is 5.75 Å². The summed E-state index contributed by atoms with van der Waals surface area (Å²) >= 11 is 0. The van der Waals surface area contributed by atoms with Gasteiger partial charge in [-0.1, -0.05) is 71.0 Å². The summed E-state index contributed by atoms with van der Waals surface area (Å²) in [5.41, 5.74) is 2.51. The third-order valence-electron chi connectivity index (χ3n) is 5.77. The Balaban J connectivity index is 1.92. The lowest BCUT2D eigenvalue weighted by molar-refractivity contribution is -0.142. The van der Waals surface area contributed by atoms with Crippen LogP contribution >= 0.6 is 0 Å². The van der Waals surface area contributed by atoms with E-state index in [4.69, 9.17) is 0 Å². The Morgan fingerprint density at radius 1 is 0.861 bits per heavy atom. The first-order valence-corrected chi connectivity index (χ1v) is 12.5. The number of carboxylic acids is 1. The molecular weight excluding hydrogens is 456 g/mol. The first-order valence-electron chi connectivity index (χ1n) is 12.5. The van der Waals surface area contributed by atoms with Gasteiger partial charge in [-0.25, -0.2) is 4.79 Å². The molecule has 2 aromatic carbocycles. The first-order chi connectivity index (χ1) is 16.8. The van der Waals surface area contributed by atoms with E-state index in [1.54, 1.807) is 12.1 Å². The van der Waals surface area contributed by atoms with E-state index in [-0.39, 0.29) is 41.9 Å². The van der Waals surface area contributed by atoms with Gasteiger partial charge in [-0.3, -0.25) is 9.59 Å². The quantitative estimate of drug-likeness (QED) is 0.338. The molecule has 0 radical (unpaired) electrons. The number of hydrogen-bond donors (Lipinski definition) is 4. The molecule has 0 spiro atoms. The van der Waals surface area contributed by atoms with Crippen molar-refractivity contribution >= 4 is 17.8 Å². The Labute approximate surface area is 214 Å². The van der Waals surface area contributed by atoms with Crippen molar-refractivity contribution in [2.75, 3.05) is 0 Å². The number of amides is 2. The molecule has 1 unspecified atom stereocenters. The van der Waals surface area contributed by atoms with Gasteiger partial charge < -0.3 is 20.8 Å². The number of aliphatic carboxylic acids is 1. The summed E-state index contributed by atoms with van der Waals surface area (Å²) in [5.74, 6) is -0.809. The van der Waals surface area contributed by atoms with Crippen LogP contribution in [0.25, 0.3) is 0 Å². The highest BCUT2D eigenvalue weighted by molar-refractivity contribution is 5.84. The topological polar surface area (TPSA) is 116 Å². The summed E-state index contributed by atoms with van der Waals surface area (Å²) in [4.78, 5) is 36.5. The number of phenols is 1. The van der Waals surface area contributed by atoms with Crippen LogP contribution in [0.5, 0.6) is 5.75 Å². The molecule has 7 heteroatoms. The van der Waals surface area contributed by atoms with Gasteiger partial charge >= 0.3 is 5.97 Å². The molecular formula is C29H40N2O5. The number of rotatable bonds is 12. The van der Waals surface area contributed by atoms with E-state index in [1.807, 2.05) is 57.2 Å². The molecule has 0 bridgehead atoms. The molecule has 0 aromatic heterocycles. The van der Waals surface area contributed by atoms with E-state index in [0.717, 1.165) is 23.1 Å². The molecule has 2 aromatic rings. The van der Waals surface area contributed by atoms with Crippen LogP contribution in [0.15, 0.2) is 48.5 Å². The van der Waals surface area contributed by atoms with Crippen molar-refractivity contribution in [2.24, 2.45) is 11.3 Å². The van der Waals surface area contributed by atoms with E-state index in [1.165, 1.54) is 0 Å². The molecule has 2 rings (SSSR count). The van der Waals surface area contributed by atoms with Gasteiger partial charge in [0.1, 0.15) is 11.8 Å². The summed E-state index contributed by atoms with van der Waals surface area (Å²) in [7, 11) is 0. The number of carbonyl (C=O) groups is 3. The second-order valence-corrected chi connectivity index (χ2v) is 11.1. The molecule has 0 saturated carbocycles. The van der Waals surface area contributed by atoms with E-state index < -0.39 is 12.0 Å². The van der Waals surface area contributed by atoms with Gasteiger partial charge in [0, 0.05) is 19.3 Å². The maximum atomic E-state index is 12.7. The number of benzene rings is 2. The highest BCUT2D eigenvalue weighted by atomic mass is 16.4. The van der Waals surface area contributed by atoms with Crippen LogP contribution in [0.3, 0.4) is 0 Å². The van der Waals surface area contributed by atoms with Crippen LogP contribution in [-0.4, -0.2) is 34.0 Å². The maximum absolute atomic E-state index is 12.7. The van der Waals surface area contributed by atoms with Crippen molar-refractivity contribution < 1.29 is 24.6 Å². The highest BCUT2D eigenvalue weighted by Crippen LogP contribution is 2.23. The van der Waals surface area contributed by atoms with Crippen molar-refractivity contribution in [1.29, 1.82) is 0 Å². The zero-order chi connectivity index (χ0) is 26.9. The lowest BCUT2D eigenvalue weighted by Crippen LogP contribution is -2.43. The Hall–Kier alpha value is -3.35. The predicted molar refractivity (Wildman–Crippen MR) is 141 cm³/mol. The summed E-state index contributed by atoms with van der Waals surface area (Å²) in [6.45, 7) is 10.00. The van der Waals surface area contributed by atoms with Gasteiger partial charge in [0.15, 0.2) is 0 Å². The number of phenolic OH excluding ortho intramolecular Hbond substituents is 1. The Kier molecular flexibility index (Phi) is 10.5. The number of aromatic hydroxyl groups is 1. The predicted octanol–water partition coefficient (Wildman–Crippen LogP) is 4.78. The van der Waals surface area contributed by atoms with Gasteiger partial charge in [-0.15, -0.1) is 0 Å². The number of carbonyl (C=O) groups excluding carboxylic acids is 2. The zero-order valence-electron chi connectivity index (χ0n) is 22.0. The van der Waals surface area contributed by atoms with Crippen molar-refractivity contribution in [1.82, 2.24) is 10.6 Å². The number of hydrogen-bond acceptors (Lipinski definition) is 4. The van der Waals surface area contributed by atoms with E-state index in [9.17, 15) is 24.6 Å². The summed E-state index contributed by atoms with van der Waals surface area (Å²) < 4.78 is 0. The van der Waals surface area contributed by atoms with Crippen LogP contribution in [0.4, 0.5) is 0 Å². The maximum Gasteiger partial charge on any atom is 0.326 e. The second-order valence-electron chi connectivity index (χ2n) is 11.1. The molecule has 0 aliphatic carbocycles. The van der Waals surface area contributed by atoms with Crippen molar-refractivity contribution in [2.45, 2.75) is 78.8 Å². The van der Waals surface area contributed by atoms with Gasteiger partial charge in [0.05, 0.1) is 6.04 Å². The summed E-state index contributed by atoms with van der Waals surface area (Å²) in [6.07, 6.45) is 2.12. The smallest absolute Gasteiger partial charge is 0.326 e. The number of aryl methyl sites for hydroxylation is 1.